The van der Waals surface area contributed by atoms with Crippen LogP contribution >= 0.6 is 22.6 Å². The van der Waals surface area contributed by atoms with Crippen LogP contribution in [0.2, 0.25) is 0 Å². The van der Waals surface area contributed by atoms with Gasteiger partial charge in [0, 0.05) is 6.20 Å². The Morgan fingerprint density at radius 1 is 1.77 bits per heavy atom. The number of methoxy groups -OCH3 is 1. The van der Waals surface area contributed by atoms with Crippen LogP contribution in [0.4, 0.5) is 15.0 Å². The minimum Gasteiger partial charge on any atom is -0.453 e. The summed E-state index contributed by atoms with van der Waals surface area (Å²) in [5, 5.41) is 2.15. The maximum Gasteiger partial charge on any atom is 0.412 e. The van der Waals surface area contributed by atoms with E-state index in [1.54, 1.807) is 22.6 Å². The van der Waals surface area contributed by atoms with Crippen LogP contribution in [0.5, 0.6) is 0 Å². The summed E-state index contributed by atoms with van der Waals surface area (Å²) in [5.41, 5.74) is 0. The highest BCUT2D eigenvalue weighted by Gasteiger charge is 2.09. The van der Waals surface area contributed by atoms with Crippen molar-refractivity contribution < 1.29 is 13.9 Å². The molecule has 1 aromatic rings. The van der Waals surface area contributed by atoms with E-state index in [-0.39, 0.29) is 5.82 Å². The van der Waals surface area contributed by atoms with Gasteiger partial charge in [-0.3, -0.25) is 5.32 Å². The van der Waals surface area contributed by atoms with Gasteiger partial charge in [-0.15, -0.1) is 0 Å². The van der Waals surface area contributed by atoms with Crippen LogP contribution in [0.15, 0.2) is 12.3 Å². The Balaban J connectivity index is 2.89. The van der Waals surface area contributed by atoms with Crippen LogP contribution in [-0.2, 0) is 4.74 Å². The number of hydrogen-bond donors (Lipinski definition) is 1. The summed E-state index contributed by atoms with van der Waals surface area (Å²) in [5.74, 6) is -0.688. The lowest BCUT2D eigenvalue weighted by molar-refractivity contribution is 0.186. The first-order chi connectivity index (χ1) is 6.15. The molecule has 0 radical (unpaired) electrons. The molecule has 1 heterocycles. The van der Waals surface area contributed by atoms with Crippen LogP contribution in [-0.4, -0.2) is 18.2 Å². The summed E-state index contributed by atoms with van der Waals surface area (Å²) in [6, 6.07) is 1.50. The molecule has 1 aromatic heterocycles. The number of carbonyl (C=O) groups excluding carboxylic acids is 1. The molecule has 13 heavy (non-hydrogen) atoms. The zero-order chi connectivity index (χ0) is 9.84. The Bertz CT molecular complexity index is 332. The smallest absolute Gasteiger partial charge is 0.412 e. The average molecular weight is 296 g/mol. The molecular formula is C7H6FIN2O2. The number of anilines is 1. The van der Waals surface area contributed by atoms with Crippen LogP contribution in [0.3, 0.4) is 0 Å². The molecule has 0 spiro atoms. The number of rotatable bonds is 1. The fraction of sp³-hybridized carbons (Fsp3) is 0.143. The van der Waals surface area contributed by atoms with Crippen molar-refractivity contribution in [3.63, 3.8) is 0 Å². The molecular weight excluding hydrogens is 290 g/mol. The van der Waals surface area contributed by atoms with Gasteiger partial charge in [0.25, 0.3) is 0 Å². The SMILES string of the molecule is COC(=O)Nc1nccc(I)c1F. The van der Waals surface area contributed by atoms with E-state index in [9.17, 15) is 9.18 Å². The normalized spacial score (nSPS) is 9.46. The van der Waals surface area contributed by atoms with Gasteiger partial charge in [-0.1, -0.05) is 0 Å². The van der Waals surface area contributed by atoms with E-state index in [0.29, 0.717) is 3.57 Å². The summed E-state index contributed by atoms with van der Waals surface area (Å²) in [6.45, 7) is 0. The second-order valence-electron chi connectivity index (χ2n) is 2.07. The third kappa shape index (κ3) is 2.51. The third-order valence-corrected chi connectivity index (χ3v) is 2.08. The van der Waals surface area contributed by atoms with Gasteiger partial charge in [0.1, 0.15) is 0 Å². The van der Waals surface area contributed by atoms with E-state index < -0.39 is 11.9 Å². The van der Waals surface area contributed by atoms with Gasteiger partial charge in [0.2, 0.25) is 0 Å². The van der Waals surface area contributed by atoms with Crippen molar-refractivity contribution in [1.82, 2.24) is 4.98 Å². The minimum absolute atomic E-state index is 0.126. The first-order valence-electron chi connectivity index (χ1n) is 3.30. The molecule has 0 atom stereocenters. The van der Waals surface area contributed by atoms with Gasteiger partial charge in [0.05, 0.1) is 10.7 Å². The number of hydrogen-bond acceptors (Lipinski definition) is 3. The van der Waals surface area contributed by atoms with Crippen molar-refractivity contribution in [1.29, 1.82) is 0 Å². The Kier molecular flexibility index (Phi) is 3.40. The lowest BCUT2D eigenvalue weighted by Crippen LogP contribution is -2.13. The number of amides is 1. The molecule has 4 nitrogen and oxygen atoms in total. The van der Waals surface area contributed by atoms with Crippen molar-refractivity contribution in [2.75, 3.05) is 12.4 Å². The number of nitrogens with one attached hydrogen (secondary N) is 1. The average Bonchev–Trinajstić information content (AvgIpc) is 2.13. The molecule has 70 valence electrons. The van der Waals surface area contributed by atoms with E-state index in [4.69, 9.17) is 0 Å². The number of aromatic nitrogens is 1. The highest BCUT2D eigenvalue weighted by Crippen LogP contribution is 2.16. The Labute approximate surface area is 87.6 Å². The lowest BCUT2D eigenvalue weighted by Gasteiger charge is -2.03. The highest BCUT2D eigenvalue weighted by molar-refractivity contribution is 14.1. The maximum atomic E-state index is 13.2. The van der Waals surface area contributed by atoms with Crippen LogP contribution in [0, 0.1) is 9.39 Å². The molecule has 0 saturated heterocycles. The summed E-state index contributed by atoms with van der Waals surface area (Å²) in [7, 11) is 1.20. The highest BCUT2D eigenvalue weighted by atomic mass is 127. The molecule has 1 rings (SSSR count). The minimum atomic E-state index is -0.742. The van der Waals surface area contributed by atoms with E-state index in [1.165, 1.54) is 19.4 Å². The van der Waals surface area contributed by atoms with Gasteiger partial charge in [0.15, 0.2) is 11.6 Å². The molecule has 1 N–H and O–H groups in total. The number of nitrogens with zero attached hydrogens (tertiary/aromatic N) is 1. The predicted molar refractivity (Wildman–Crippen MR) is 52.9 cm³/mol. The van der Waals surface area contributed by atoms with Crippen LogP contribution < -0.4 is 5.32 Å². The Morgan fingerprint density at radius 3 is 3.08 bits per heavy atom. The molecule has 0 aromatic carbocycles. The van der Waals surface area contributed by atoms with E-state index in [1.807, 2.05) is 0 Å². The molecule has 0 aliphatic rings. The number of carbonyl (C=O) groups is 1. The van der Waals surface area contributed by atoms with Crippen LogP contribution in [0.1, 0.15) is 0 Å². The van der Waals surface area contributed by atoms with Crippen molar-refractivity contribution in [3.05, 3.63) is 21.7 Å². The summed E-state index contributed by atoms with van der Waals surface area (Å²) >= 11 is 1.80. The van der Waals surface area contributed by atoms with Crippen molar-refractivity contribution >= 4 is 34.5 Å². The number of pyridine rings is 1. The van der Waals surface area contributed by atoms with Crippen molar-refractivity contribution in [2.24, 2.45) is 0 Å². The molecule has 0 bridgehead atoms. The quantitative estimate of drug-likeness (QED) is 0.806. The van der Waals surface area contributed by atoms with Crippen molar-refractivity contribution in [3.8, 4) is 0 Å². The van der Waals surface area contributed by atoms with Gasteiger partial charge in [-0.05, 0) is 28.7 Å². The second kappa shape index (κ2) is 4.35. The van der Waals surface area contributed by atoms with Crippen LogP contribution in [0.25, 0.3) is 0 Å². The second-order valence-corrected chi connectivity index (χ2v) is 3.23. The van der Waals surface area contributed by atoms with Gasteiger partial charge in [-0.25, -0.2) is 14.2 Å². The lowest BCUT2D eigenvalue weighted by atomic mass is 10.4. The van der Waals surface area contributed by atoms with Crippen molar-refractivity contribution in [2.45, 2.75) is 0 Å². The van der Waals surface area contributed by atoms with E-state index in [0.717, 1.165) is 0 Å². The first kappa shape index (κ1) is 10.2. The molecule has 1 amide bonds. The third-order valence-electron chi connectivity index (χ3n) is 1.25. The summed E-state index contributed by atoms with van der Waals surface area (Å²) in [4.78, 5) is 14.3. The summed E-state index contributed by atoms with van der Waals surface area (Å²) in [6.07, 6.45) is 0.657. The number of ether oxygens (including phenoxy) is 1. The summed E-state index contributed by atoms with van der Waals surface area (Å²) < 4.78 is 17.8. The molecule has 6 heteroatoms. The van der Waals surface area contributed by atoms with Gasteiger partial charge >= 0.3 is 6.09 Å². The monoisotopic (exact) mass is 296 g/mol. The largest absolute Gasteiger partial charge is 0.453 e. The standard InChI is InChI=1S/C7H6FIN2O2/c1-13-7(12)11-6-5(8)4(9)2-3-10-6/h2-3H,1H3,(H,10,11,12). The predicted octanol–water partition coefficient (Wildman–Crippen LogP) is 2.00. The van der Waals surface area contributed by atoms with E-state index >= 15 is 0 Å². The zero-order valence-electron chi connectivity index (χ0n) is 6.67. The van der Waals surface area contributed by atoms with Gasteiger partial charge in [-0.2, -0.15) is 0 Å². The van der Waals surface area contributed by atoms with E-state index in [2.05, 4.69) is 15.0 Å². The zero-order valence-corrected chi connectivity index (χ0v) is 8.83. The molecule has 0 aliphatic carbocycles. The van der Waals surface area contributed by atoms with Gasteiger partial charge < -0.3 is 4.74 Å². The molecule has 0 fully saturated rings. The topological polar surface area (TPSA) is 51.2 Å². The Hall–Kier alpha value is -0.920. The molecule has 0 saturated carbocycles. The fourth-order valence-electron chi connectivity index (χ4n) is 0.655. The number of halogens is 2. The Morgan fingerprint density at radius 2 is 2.46 bits per heavy atom. The first-order valence-corrected chi connectivity index (χ1v) is 4.38. The fourth-order valence-corrected chi connectivity index (χ4v) is 1.07. The molecule has 0 unspecified atom stereocenters. The molecule has 0 aliphatic heterocycles. The maximum absolute atomic E-state index is 13.2.